The van der Waals surface area contributed by atoms with Gasteiger partial charge in [-0.15, -0.1) is 0 Å². The molecule has 10 heteroatoms. The van der Waals surface area contributed by atoms with E-state index >= 15 is 0 Å². The number of nitrogens with zero attached hydrogens (tertiary/aromatic N) is 3. The first-order valence-electron chi connectivity index (χ1n) is 7.03. The van der Waals surface area contributed by atoms with E-state index in [0.29, 0.717) is 13.1 Å². The Balaban J connectivity index is 2.07. The van der Waals surface area contributed by atoms with E-state index < -0.39 is 14.9 Å². The summed E-state index contributed by atoms with van der Waals surface area (Å²) < 4.78 is 26.3. The highest BCUT2D eigenvalue weighted by Crippen LogP contribution is 2.20. The number of rotatable bonds is 5. The summed E-state index contributed by atoms with van der Waals surface area (Å²) in [6, 6.07) is 4.79. The molecular formula is C13H18N4O5S. The summed E-state index contributed by atoms with van der Waals surface area (Å²) >= 11 is 0. The van der Waals surface area contributed by atoms with Crippen molar-refractivity contribution >= 4 is 21.6 Å². The minimum absolute atomic E-state index is 0.0121. The molecule has 23 heavy (non-hydrogen) atoms. The summed E-state index contributed by atoms with van der Waals surface area (Å²) in [5, 5.41) is 13.4. The predicted molar refractivity (Wildman–Crippen MR) is 82.4 cm³/mol. The number of likely N-dealkylation sites (N-methyl/N-ethyl adjacent to an activating group) is 1. The number of piperazine rings is 1. The van der Waals surface area contributed by atoms with Crippen molar-refractivity contribution in [2.24, 2.45) is 0 Å². The molecule has 1 aromatic carbocycles. The third-order valence-electron chi connectivity index (χ3n) is 3.60. The molecule has 1 heterocycles. The SMILES string of the molecule is CNCC(=O)N1CCN(S(=O)(=O)c2ccc([N+](=O)[O-])cc2)CC1. The van der Waals surface area contributed by atoms with Crippen molar-refractivity contribution in [1.82, 2.24) is 14.5 Å². The number of non-ortho nitro benzene ring substituents is 1. The Morgan fingerprint density at radius 2 is 1.78 bits per heavy atom. The average Bonchev–Trinajstić information content (AvgIpc) is 2.55. The standard InChI is InChI=1S/C13H18N4O5S/c1-14-10-13(18)15-6-8-16(9-7-15)23(21,22)12-4-2-11(3-5-12)17(19)20/h2-5,14H,6-10H2,1H3. The zero-order valence-electron chi connectivity index (χ0n) is 12.6. The monoisotopic (exact) mass is 342 g/mol. The van der Waals surface area contributed by atoms with Crippen molar-refractivity contribution in [2.75, 3.05) is 39.8 Å². The molecule has 9 nitrogen and oxygen atoms in total. The van der Waals surface area contributed by atoms with E-state index in [2.05, 4.69) is 5.32 Å². The normalized spacial score (nSPS) is 16.3. The van der Waals surface area contributed by atoms with Crippen LogP contribution in [0.2, 0.25) is 0 Å². The Morgan fingerprint density at radius 3 is 2.26 bits per heavy atom. The van der Waals surface area contributed by atoms with Gasteiger partial charge in [-0.25, -0.2) is 8.42 Å². The van der Waals surface area contributed by atoms with Gasteiger partial charge in [0.15, 0.2) is 0 Å². The maximum absolute atomic E-state index is 12.5. The van der Waals surface area contributed by atoms with Crippen LogP contribution in [0.15, 0.2) is 29.2 Å². The molecule has 1 fully saturated rings. The molecule has 1 aromatic rings. The number of nitrogens with one attached hydrogen (secondary N) is 1. The van der Waals surface area contributed by atoms with E-state index in [9.17, 15) is 23.3 Å². The van der Waals surface area contributed by atoms with Crippen LogP contribution in [0, 0.1) is 10.1 Å². The predicted octanol–water partition coefficient (Wildman–Crippen LogP) is -0.353. The zero-order valence-corrected chi connectivity index (χ0v) is 13.5. The molecular weight excluding hydrogens is 324 g/mol. The topological polar surface area (TPSA) is 113 Å². The molecule has 0 bridgehead atoms. The van der Waals surface area contributed by atoms with E-state index in [1.54, 1.807) is 11.9 Å². The Kier molecular flexibility index (Phi) is 5.29. The van der Waals surface area contributed by atoms with Gasteiger partial charge in [0.05, 0.1) is 16.4 Å². The number of benzene rings is 1. The first-order chi connectivity index (χ1) is 10.9. The van der Waals surface area contributed by atoms with Crippen LogP contribution in [0.25, 0.3) is 0 Å². The molecule has 1 aliphatic heterocycles. The second kappa shape index (κ2) is 7.02. The molecule has 1 aliphatic rings. The molecule has 2 rings (SSSR count). The molecule has 0 aliphatic carbocycles. The summed E-state index contributed by atoms with van der Waals surface area (Å²) in [7, 11) is -2.03. The van der Waals surface area contributed by atoms with Crippen LogP contribution in [0.3, 0.4) is 0 Å². The second-order valence-corrected chi connectivity index (χ2v) is 7.00. The molecule has 0 saturated carbocycles. The van der Waals surface area contributed by atoms with Crippen LogP contribution in [-0.4, -0.2) is 68.2 Å². The maximum Gasteiger partial charge on any atom is 0.269 e. The Morgan fingerprint density at radius 1 is 1.22 bits per heavy atom. The van der Waals surface area contributed by atoms with E-state index in [0.717, 1.165) is 0 Å². The van der Waals surface area contributed by atoms with E-state index in [4.69, 9.17) is 0 Å². The fourth-order valence-electron chi connectivity index (χ4n) is 2.33. The van der Waals surface area contributed by atoms with Crippen LogP contribution in [0.5, 0.6) is 0 Å². The van der Waals surface area contributed by atoms with Crippen molar-refractivity contribution in [2.45, 2.75) is 4.90 Å². The molecule has 126 valence electrons. The average molecular weight is 342 g/mol. The quantitative estimate of drug-likeness (QED) is 0.578. The number of sulfonamides is 1. The van der Waals surface area contributed by atoms with Gasteiger partial charge in [-0.2, -0.15) is 4.31 Å². The summed E-state index contributed by atoms with van der Waals surface area (Å²) in [6.45, 7) is 1.28. The van der Waals surface area contributed by atoms with Crippen molar-refractivity contribution in [3.8, 4) is 0 Å². The molecule has 1 N–H and O–H groups in total. The summed E-state index contributed by atoms with van der Waals surface area (Å²) in [6.07, 6.45) is 0. The van der Waals surface area contributed by atoms with Gasteiger partial charge >= 0.3 is 0 Å². The minimum atomic E-state index is -3.71. The zero-order chi connectivity index (χ0) is 17.0. The molecule has 1 amide bonds. The van der Waals surface area contributed by atoms with Crippen LogP contribution < -0.4 is 5.32 Å². The van der Waals surface area contributed by atoms with Gasteiger partial charge in [-0.05, 0) is 19.2 Å². The summed E-state index contributed by atoms with van der Waals surface area (Å²) in [5.74, 6) is -0.0696. The number of hydrogen-bond acceptors (Lipinski definition) is 6. The van der Waals surface area contributed by atoms with Gasteiger partial charge in [0, 0.05) is 38.3 Å². The van der Waals surface area contributed by atoms with Gasteiger partial charge < -0.3 is 10.2 Å². The molecule has 1 saturated heterocycles. The third-order valence-corrected chi connectivity index (χ3v) is 5.52. The molecule has 0 aromatic heterocycles. The summed E-state index contributed by atoms with van der Waals surface area (Å²) in [5.41, 5.74) is -0.161. The number of carbonyl (C=O) groups is 1. The highest BCUT2D eigenvalue weighted by molar-refractivity contribution is 7.89. The number of hydrogen-bond donors (Lipinski definition) is 1. The first-order valence-corrected chi connectivity index (χ1v) is 8.47. The lowest BCUT2D eigenvalue weighted by molar-refractivity contribution is -0.384. The molecule has 0 radical (unpaired) electrons. The minimum Gasteiger partial charge on any atom is -0.339 e. The Bertz CT molecular complexity index is 681. The number of carbonyl (C=O) groups excluding carboxylic acids is 1. The van der Waals surface area contributed by atoms with Crippen LogP contribution in [0.1, 0.15) is 0 Å². The highest BCUT2D eigenvalue weighted by atomic mass is 32.2. The second-order valence-electron chi connectivity index (χ2n) is 5.07. The Labute approximate surface area is 134 Å². The van der Waals surface area contributed by atoms with Gasteiger partial charge in [0.25, 0.3) is 5.69 Å². The van der Waals surface area contributed by atoms with Crippen molar-refractivity contribution in [3.63, 3.8) is 0 Å². The lowest BCUT2D eigenvalue weighted by Gasteiger charge is -2.34. The van der Waals surface area contributed by atoms with E-state index in [1.807, 2.05) is 0 Å². The highest BCUT2D eigenvalue weighted by Gasteiger charge is 2.30. The van der Waals surface area contributed by atoms with Crippen LogP contribution >= 0.6 is 0 Å². The van der Waals surface area contributed by atoms with Gasteiger partial charge in [-0.3, -0.25) is 14.9 Å². The van der Waals surface area contributed by atoms with Crippen molar-refractivity contribution in [1.29, 1.82) is 0 Å². The lowest BCUT2D eigenvalue weighted by Crippen LogP contribution is -2.52. The van der Waals surface area contributed by atoms with Crippen molar-refractivity contribution in [3.05, 3.63) is 34.4 Å². The molecule has 0 spiro atoms. The van der Waals surface area contributed by atoms with Crippen molar-refractivity contribution < 1.29 is 18.1 Å². The first kappa shape index (κ1) is 17.3. The number of amides is 1. The van der Waals surface area contributed by atoms with Gasteiger partial charge in [-0.1, -0.05) is 0 Å². The molecule has 0 unspecified atom stereocenters. The Hall–Kier alpha value is -2.04. The van der Waals surface area contributed by atoms with Crippen LogP contribution in [-0.2, 0) is 14.8 Å². The van der Waals surface area contributed by atoms with Crippen LogP contribution in [0.4, 0.5) is 5.69 Å². The maximum atomic E-state index is 12.5. The summed E-state index contributed by atoms with van der Waals surface area (Å²) in [4.78, 5) is 23.4. The van der Waals surface area contributed by atoms with Gasteiger partial charge in [0.2, 0.25) is 15.9 Å². The fourth-order valence-corrected chi connectivity index (χ4v) is 3.75. The molecule has 0 atom stereocenters. The number of nitro groups is 1. The largest absolute Gasteiger partial charge is 0.339 e. The fraction of sp³-hybridized carbons (Fsp3) is 0.462. The van der Waals surface area contributed by atoms with Gasteiger partial charge in [0.1, 0.15) is 0 Å². The van der Waals surface area contributed by atoms with E-state index in [1.165, 1.54) is 28.6 Å². The number of nitro benzene ring substituents is 1. The smallest absolute Gasteiger partial charge is 0.269 e. The lowest BCUT2D eigenvalue weighted by atomic mass is 10.3. The van der Waals surface area contributed by atoms with E-state index in [-0.39, 0.29) is 36.1 Å². The third kappa shape index (κ3) is 3.84.